The SMILES string of the molecule is COc1cccc(N2CC(C(=O)Nc3cnc(N4CCN(c5ccccn5)CC4)nc3)CC2=O)c1. The number of hydrogen-bond acceptors (Lipinski definition) is 8. The summed E-state index contributed by atoms with van der Waals surface area (Å²) in [6.07, 6.45) is 5.18. The molecule has 4 heterocycles. The van der Waals surface area contributed by atoms with E-state index in [2.05, 4.69) is 30.1 Å². The normalized spacial score (nSPS) is 18.0. The first-order chi connectivity index (χ1) is 17.1. The lowest BCUT2D eigenvalue weighted by atomic mass is 10.1. The number of nitrogens with zero attached hydrogens (tertiary/aromatic N) is 6. The molecule has 1 N–H and O–H groups in total. The first kappa shape index (κ1) is 22.6. The Labute approximate surface area is 203 Å². The lowest BCUT2D eigenvalue weighted by molar-refractivity contribution is -0.122. The van der Waals surface area contributed by atoms with E-state index in [-0.39, 0.29) is 18.2 Å². The van der Waals surface area contributed by atoms with Gasteiger partial charge in [-0.2, -0.15) is 0 Å². The van der Waals surface area contributed by atoms with Gasteiger partial charge in [0.05, 0.1) is 31.1 Å². The van der Waals surface area contributed by atoms with Gasteiger partial charge in [-0.3, -0.25) is 9.59 Å². The summed E-state index contributed by atoms with van der Waals surface area (Å²) in [6.45, 7) is 3.55. The second-order valence-corrected chi connectivity index (χ2v) is 8.53. The van der Waals surface area contributed by atoms with Gasteiger partial charge in [0.1, 0.15) is 11.6 Å². The Hall–Kier alpha value is -4.21. The maximum atomic E-state index is 12.8. The van der Waals surface area contributed by atoms with Gasteiger partial charge in [-0.05, 0) is 24.3 Å². The summed E-state index contributed by atoms with van der Waals surface area (Å²) in [4.78, 5) is 44.7. The quantitative estimate of drug-likeness (QED) is 0.581. The molecule has 1 unspecified atom stereocenters. The van der Waals surface area contributed by atoms with E-state index in [1.807, 2.05) is 36.4 Å². The number of anilines is 4. The van der Waals surface area contributed by atoms with Gasteiger partial charge in [-0.1, -0.05) is 12.1 Å². The van der Waals surface area contributed by atoms with Crippen molar-refractivity contribution in [3.63, 3.8) is 0 Å². The molecule has 2 amide bonds. The Balaban J connectivity index is 1.16. The average Bonchev–Trinajstić information content (AvgIpc) is 3.31. The van der Waals surface area contributed by atoms with Crippen LogP contribution >= 0.6 is 0 Å². The number of methoxy groups -OCH3 is 1. The third kappa shape index (κ3) is 5.01. The molecule has 2 aromatic heterocycles. The fraction of sp³-hybridized carbons (Fsp3) is 0.320. The third-order valence-corrected chi connectivity index (χ3v) is 6.30. The molecule has 2 aliphatic heterocycles. The summed E-state index contributed by atoms with van der Waals surface area (Å²) in [6, 6.07) is 13.2. The van der Waals surface area contributed by atoms with Crippen LogP contribution < -0.4 is 24.8 Å². The highest BCUT2D eigenvalue weighted by molar-refractivity contribution is 6.03. The van der Waals surface area contributed by atoms with Crippen LogP contribution in [-0.2, 0) is 9.59 Å². The number of amides is 2. The maximum Gasteiger partial charge on any atom is 0.229 e. The average molecular weight is 474 g/mol. The molecule has 0 saturated carbocycles. The van der Waals surface area contributed by atoms with Gasteiger partial charge in [0.15, 0.2) is 0 Å². The van der Waals surface area contributed by atoms with Crippen molar-refractivity contribution in [2.24, 2.45) is 5.92 Å². The lowest BCUT2D eigenvalue weighted by Gasteiger charge is -2.35. The first-order valence-corrected chi connectivity index (χ1v) is 11.6. The predicted molar refractivity (Wildman–Crippen MR) is 133 cm³/mol. The molecule has 2 aliphatic rings. The van der Waals surface area contributed by atoms with Gasteiger partial charge in [-0.25, -0.2) is 15.0 Å². The summed E-state index contributed by atoms with van der Waals surface area (Å²) in [5, 5.41) is 2.86. The summed E-state index contributed by atoms with van der Waals surface area (Å²) >= 11 is 0. The number of aromatic nitrogens is 3. The summed E-state index contributed by atoms with van der Waals surface area (Å²) < 4.78 is 5.24. The highest BCUT2D eigenvalue weighted by Gasteiger charge is 2.35. The van der Waals surface area contributed by atoms with Crippen molar-refractivity contribution in [2.45, 2.75) is 6.42 Å². The van der Waals surface area contributed by atoms with Crippen molar-refractivity contribution < 1.29 is 14.3 Å². The van der Waals surface area contributed by atoms with Crippen LogP contribution in [0, 0.1) is 5.92 Å². The maximum absolute atomic E-state index is 12.8. The predicted octanol–water partition coefficient (Wildman–Crippen LogP) is 2.20. The Morgan fingerprint density at radius 1 is 1.00 bits per heavy atom. The van der Waals surface area contributed by atoms with Crippen molar-refractivity contribution in [1.82, 2.24) is 15.0 Å². The smallest absolute Gasteiger partial charge is 0.229 e. The van der Waals surface area contributed by atoms with Crippen LogP contribution in [0.25, 0.3) is 0 Å². The minimum Gasteiger partial charge on any atom is -0.497 e. The summed E-state index contributed by atoms with van der Waals surface area (Å²) in [7, 11) is 1.58. The van der Waals surface area contributed by atoms with Crippen LogP contribution in [0.5, 0.6) is 5.75 Å². The Kier molecular flexibility index (Phi) is 6.42. The molecule has 10 heteroatoms. The van der Waals surface area contributed by atoms with Crippen molar-refractivity contribution in [1.29, 1.82) is 0 Å². The molecule has 2 saturated heterocycles. The number of ether oxygens (including phenoxy) is 1. The number of hydrogen-bond donors (Lipinski definition) is 1. The molecular formula is C25H27N7O3. The number of pyridine rings is 1. The largest absolute Gasteiger partial charge is 0.497 e. The van der Waals surface area contributed by atoms with Crippen molar-refractivity contribution >= 4 is 35.0 Å². The van der Waals surface area contributed by atoms with Gasteiger partial charge in [-0.15, -0.1) is 0 Å². The molecule has 5 rings (SSSR count). The van der Waals surface area contributed by atoms with Gasteiger partial charge in [0.25, 0.3) is 0 Å². The van der Waals surface area contributed by atoms with Crippen LogP contribution in [-0.4, -0.2) is 66.6 Å². The van der Waals surface area contributed by atoms with Crippen molar-refractivity contribution in [2.75, 3.05) is 59.9 Å². The highest BCUT2D eigenvalue weighted by Crippen LogP contribution is 2.28. The minimum atomic E-state index is -0.451. The standard InChI is InChI=1S/C25H27N7O3/c1-35-21-6-4-5-20(14-21)32-17-18(13-23(32)33)24(34)29-19-15-27-25(28-16-19)31-11-9-30(10-12-31)22-7-2-3-8-26-22/h2-8,14-16,18H,9-13,17H2,1H3,(H,29,34). The highest BCUT2D eigenvalue weighted by atomic mass is 16.5. The van der Waals surface area contributed by atoms with Gasteiger partial charge >= 0.3 is 0 Å². The minimum absolute atomic E-state index is 0.0881. The molecule has 0 aliphatic carbocycles. The molecule has 10 nitrogen and oxygen atoms in total. The van der Waals surface area contributed by atoms with Crippen LogP contribution in [0.2, 0.25) is 0 Å². The summed E-state index contributed by atoms with van der Waals surface area (Å²) in [5.74, 6) is 1.51. The van der Waals surface area contributed by atoms with Gasteiger partial charge in [0, 0.05) is 57.1 Å². The molecule has 1 atom stereocenters. The number of carbonyl (C=O) groups is 2. The second kappa shape index (κ2) is 9.96. The van der Waals surface area contributed by atoms with E-state index >= 15 is 0 Å². The van der Waals surface area contributed by atoms with E-state index in [1.165, 1.54) is 0 Å². The monoisotopic (exact) mass is 473 g/mol. The first-order valence-electron chi connectivity index (χ1n) is 11.6. The van der Waals surface area contributed by atoms with Crippen molar-refractivity contribution in [3.8, 4) is 5.75 Å². The Bertz CT molecular complexity index is 1180. The molecule has 180 valence electrons. The van der Waals surface area contributed by atoms with Gasteiger partial charge in [0.2, 0.25) is 17.8 Å². The topological polar surface area (TPSA) is 104 Å². The third-order valence-electron chi connectivity index (χ3n) is 6.30. The molecule has 1 aromatic carbocycles. The Morgan fingerprint density at radius 2 is 1.77 bits per heavy atom. The summed E-state index contributed by atoms with van der Waals surface area (Å²) in [5.41, 5.74) is 1.23. The zero-order valence-corrected chi connectivity index (χ0v) is 19.5. The van der Waals surface area contributed by atoms with E-state index in [0.29, 0.717) is 23.9 Å². The number of piperazine rings is 1. The van der Waals surface area contributed by atoms with E-state index in [0.717, 1.165) is 37.7 Å². The molecule has 0 radical (unpaired) electrons. The zero-order chi connectivity index (χ0) is 24.2. The lowest BCUT2D eigenvalue weighted by Crippen LogP contribution is -2.47. The molecular weight excluding hydrogens is 446 g/mol. The van der Waals surface area contributed by atoms with Gasteiger partial charge < -0.3 is 24.8 Å². The second-order valence-electron chi connectivity index (χ2n) is 8.53. The van der Waals surface area contributed by atoms with E-state index in [1.54, 1.807) is 36.7 Å². The number of rotatable bonds is 6. The van der Waals surface area contributed by atoms with E-state index in [9.17, 15) is 9.59 Å². The molecule has 3 aromatic rings. The molecule has 0 spiro atoms. The van der Waals surface area contributed by atoms with Crippen LogP contribution in [0.4, 0.5) is 23.1 Å². The molecule has 2 fully saturated rings. The van der Waals surface area contributed by atoms with Crippen molar-refractivity contribution in [3.05, 3.63) is 61.1 Å². The number of nitrogens with one attached hydrogen (secondary N) is 1. The van der Waals surface area contributed by atoms with E-state index < -0.39 is 5.92 Å². The number of carbonyl (C=O) groups excluding carboxylic acids is 2. The fourth-order valence-electron chi connectivity index (χ4n) is 4.38. The van der Waals surface area contributed by atoms with Crippen LogP contribution in [0.3, 0.4) is 0 Å². The Morgan fingerprint density at radius 3 is 2.49 bits per heavy atom. The number of benzene rings is 1. The molecule has 35 heavy (non-hydrogen) atoms. The van der Waals surface area contributed by atoms with Crippen LogP contribution in [0.15, 0.2) is 61.1 Å². The van der Waals surface area contributed by atoms with E-state index in [4.69, 9.17) is 4.74 Å². The van der Waals surface area contributed by atoms with Crippen LogP contribution in [0.1, 0.15) is 6.42 Å². The molecule has 0 bridgehead atoms. The zero-order valence-electron chi connectivity index (χ0n) is 19.5. The fourth-order valence-corrected chi connectivity index (χ4v) is 4.38.